The highest BCUT2D eigenvalue weighted by Gasteiger charge is 2.19. The molecule has 6 heteroatoms. The van der Waals surface area contributed by atoms with Crippen LogP contribution in [0.1, 0.15) is 44.2 Å². The summed E-state index contributed by atoms with van der Waals surface area (Å²) in [5.41, 5.74) is 7.41. The van der Waals surface area contributed by atoms with Gasteiger partial charge in [-0.25, -0.2) is 0 Å². The van der Waals surface area contributed by atoms with Gasteiger partial charge in [0.25, 0.3) is 0 Å². The van der Waals surface area contributed by atoms with E-state index in [1.807, 2.05) is 25.1 Å². The van der Waals surface area contributed by atoms with Crippen molar-refractivity contribution in [3.05, 3.63) is 65.0 Å². The maximum atomic E-state index is 10.7. The minimum atomic E-state index is -0.771. The highest BCUT2D eigenvalue weighted by Crippen LogP contribution is 2.42. The molecule has 0 spiro atoms. The lowest BCUT2D eigenvalue weighted by Gasteiger charge is -2.18. The molecule has 1 heterocycles. The molecule has 0 fully saturated rings. The summed E-state index contributed by atoms with van der Waals surface area (Å²) >= 11 is 0. The molecule has 36 heavy (non-hydrogen) atoms. The number of rotatable bonds is 10. The third-order valence-electron chi connectivity index (χ3n) is 6.28. The molecule has 0 radical (unpaired) electrons. The molecule has 0 saturated carbocycles. The van der Waals surface area contributed by atoms with E-state index in [4.69, 9.17) is 14.3 Å². The van der Waals surface area contributed by atoms with Crippen molar-refractivity contribution in [1.82, 2.24) is 0 Å². The van der Waals surface area contributed by atoms with Gasteiger partial charge >= 0.3 is 5.97 Å². The molecule has 4 rings (SSSR count). The quantitative estimate of drug-likeness (QED) is 0.190. The first-order valence-corrected chi connectivity index (χ1v) is 12.6. The van der Waals surface area contributed by atoms with Crippen LogP contribution in [0.4, 0.5) is 5.69 Å². The summed E-state index contributed by atoms with van der Waals surface area (Å²) < 4.78 is 12.3. The van der Waals surface area contributed by atoms with Crippen LogP contribution in [0.3, 0.4) is 0 Å². The maximum absolute atomic E-state index is 10.7. The molecular weight excluding hydrogens is 452 g/mol. The predicted octanol–water partition coefficient (Wildman–Crippen LogP) is 6.81. The molecule has 0 aromatic heterocycles. The van der Waals surface area contributed by atoms with Crippen molar-refractivity contribution in [3.63, 3.8) is 0 Å². The van der Waals surface area contributed by atoms with Crippen LogP contribution in [0.5, 0.6) is 5.75 Å². The van der Waals surface area contributed by atoms with Crippen LogP contribution in [0, 0.1) is 13.8 Å². The molecule has 0 bridgehead atoms. The van der Waals surface area contributed by atoms with E-state index in [1.54, 1.807) is 0 Å². The fourth-order valence-electron chi connectivity index (χ4n) is 4.51. The maximum Gasteiger partial charge on any atom is 0.303 e. The molecule has 1 aliphatic carbocycles. The summed E-state index contributed by atoms with van der Waals surface area (Å²) in [6, 6.07) is 16.6. The van der Waals surface area contributed by atoms with E-state index in [9.17, 15) is 4.79 Å². The van der Waals surface area contributed by atoms with Crippen molar-refractivity contribution in [2.45, 2.75) is 47.0 Å². The van der Waals surface area contributed by atoms with Crippen molar-refractivity contribution in [2.75, 3.05) is 25.0 Å². The number of benzene rings is 3. The molecular formula is C30H34N2O4. The monoisotopic (exact) mass is 486 g/mol. The average molecular weight is 487 g/mol. The number of unbranched alkanes of at least 4 members (excludes halogenated alkanes) is 1. The molecule has 0 atom stereocenters. The summed E-state index contributed by atoms with van der Waals surface area (Å²) in [5.74, 6) is 0.807. The van der Waals surface area contributed by atoms with Crippen molar-refractivity contribution in [1.29, 1.82) is 0 Å². The lowest BCUT2D eigenvalue weighted by molar-refractivity contribution is -0.137. The second kappa shape index (κ2) is 11.3. The van der Waals surface area contributed by atoms with Gasteiger partial charge in [0.2, 0.25) is 0 Å². The predicted molar refractivity (Wildman–Crippen MR) is 145 cm³/mol. The van der Waals surface area contributed by atoms with Crippen LogP contribution in [0.25, 0.3) is 33.4 Å². The molecule has 2 aromatic rings. The van der Waals surface area contributed by atoms with Gasteiger partial charge in [-0.15, -0.1) is 0 Å². The fourth-order valence-corrected chi connectivity index (χ4v) is 4.51. The third-order valence-corrected chi connectivity index (χ3v) is 6.28. The SMILES string of the molecule is CCN=c1cc2oc3cc(NCC)c(C)cc3c(-c3ccc(OCCCCC(=O)O)cc3)c-2cc1C. The Morgan fingerprint density at radius 3 is 2.50 bits per heavy atom. The zero-order valence-corrected chi connectivity index (χ0v) is 21.5. The Morgan fingerprint density at radius 2 is 1.81 bits per heavy atom. The third kappa shape index (κ3) is 5.54. The van der Waals surface area contributed by atoms with Gasteiger partial charge in [-0.1, -0.05) is 12.1 Å². The van der Waals surface area contributed by atoms with Crippen molar-refractivity contribution in [2.24, 2.45) is 4.99 Å². The Balaban J connectivity index is 1.79. The van der Waals surface area contributed by atoms with Gasteiger partial charge in [0.05, 0.1) is 12.0 Å². The van der Waals surface area contributed by atoms with E-state index in [0.717, 1.165) is 67.9 Å². The lowest BCUT2D eigenvalue weighted by atomic mass is 9.91. The van der Waals surface area contributed by atoms with Crippen LogP contribution in [0.2, 0.25) is 0 Å². The molecule has 188 valence electrons. The molecule has 0 amide bonds. The molecule has 2 aromatic carbocycles. The first-order chi connectivity index (χ1) is 17.4. The second-order valence-corrected chi connectivity index (χ2v) is 9.00. The number of carboxylic acid groups (broad SMARTS) is 1. The number of hydrogen-bond donors (Lipinski definition) is 2. The zero-order chi connectivity index (χ0) is 25.7. The van der Waals surface area contributed by atoms with Crippen molar-refractivity contribution >= 4 is 22.6 Å². The number of anilines is 1. The van der Waals surface area contributed by atoms with Crippen molar-refractivity contribution in [3.8, 4) is 28.2 Å². The molecule has 1 aliphatic heterocycles. The summed E-state index contributed by atoms with van der Waals surface area (Å²) in [6.07, 6.45) is 1.49. The van der Waals surface area contributed by atoms with Crippen LogP contribution in [-0.4, -0.2) is 30.8 Å². The topological polar surface area (TPSA) is 84.1 Å². The first-order valence-electron chi connectivity index (χ1n) is 12.6. The van der Waals surface area contributed by atoms with Gasteiger partial charge in [-0.2, -0.15) is 0 Å². The standard InChI is InChI=1S/C30H34N2O4/c1-5-31-25-17-27-23(15-19(25)3)30(24-16-20(4)26(32-6-2)18-28(24)36-27)21-10-12-22(13-11-21)35-14-8-7-9-29(33)34/h10-13,15-18,31H,5-9,14H2,1-4H3,(H,33,34). The number of hydrogen-bond acceptors (Lipinski definition) is 5. The van der Waals surface area contributed by atoms with Gasteiger partial charge in [-0.05, 0) is 81.5 Å². The van der Waals surface area contributed by atoms with E-state index < -0.39 is 5.97 Å². The fraction of sp³-hybridized carbons (Fsp3) is 0.333. The molecule has 0 saturated heterocycles. The normalized spacial score (nSPS) is 11.8. The number of nitrogens with one attached hydrogen (secondary N) is 1. The summed E-state index contributed by atoms with van der Waals surface area (Å²) in [7, 11) is 0. The highest BCUT2D eigenvalue weighted by molar-refractivity contribution is 6.03. The number of ether oxygens (including phenoxy) is 1. The highest BCUT2D eigenvalue weighted by atomic mass is 16.5. The number of aliphatic carboxylic acids is 1. The largest absolute Gasteiger partial charge is 0.494 e. The molecule has 0 unspecified atom stereocenters. The minimum Gasteiger partial charge on any atom is -0.494 e. The Labute approximate surface area is 212 Å². The Bertz CT molecular complexity index is 1400. The number of aryl methyl sites for hydroxylation is 2. The van der Waals surface area contributed by atoms with Gasteiger partial charge in [-0.3, -0.25) is 9.79 Å². The van der Waals surface area contributed by atoms with Gasteiger partial charge in [0.1, 0.15) is 17.1 Å². The number of carbonyl (C=O) groups is 1. The number of carboxylic acids is 1. The van der Waals surface area contributed by atoms with Gasteiger partial charge in [0, 0.05) is 53.8 Å². The second-order valence-electron chi connectivity index (χ2n) is 9.00. The zero-order valence-electron chi connectivity index (χ0n) is 21.5. The van der Waals surface area contributed by atoms with Crippen LogP contribution in [0.15, 0.2) is 57.9 Å². The van der Waals surface area contributed by atoms with Crippen LogP contribution in [-0.2, 0) is 4.79 Å². The van der Waals surface area contributed by atoms with E-state index in [-0.39, 0.29) is 6.42 Å². The Kier molecular flexibility index (Phi) is 7.93. The smallest absolute Gasteiger partial charge is 0.303 e. The average Bonchev–Trinajstić information content (AvgIpc) is 2.85. The van der Waals surface area contributed by atoms with Crippen LogP contribution < -0.4 is 15.4 Å². The molecule has 2 N–H and O–H groups in total. The van der Waals surface area contributed by atoms with Crippen LogP contribution >= 0.6 is 0 Å². The number of nitrogens with zero attached hydrogens (tertiary/aromatic N) is 1. The van der Waals surface area contributed by atoms with E-state index in [2.05, 4.69) is 61.4 Å². The molecule has 2 aliphatic rings. The Hall–Kier alpha value is -3.80. The van der Waals surface area contributed by atoms with E-state index in [0.29, 0.717) is 26.0 Å². The van der Waals surface area contributed by atoms with E-state index in [1.165, 1.54) is 0 Å². The summed E-state index contributed by atoms with van der Waals surface area (Å²) in [5, 5.41) is 14.2. The Morgan fingerprint density at radius 1 is 1.03 bits per heavy atom. The van der Waals surface area contributed by atoms with Crippen molar-refractivity contribution < 1.29 is 19.1 Å². The minimum absolute atomic E-state index is 0.170. The van der Waals surface area contributed by atoms with E-state index >= 15 is 0 Å². The molecule has 6 nitrogen and oxygen atoms in total. The van der Waals surface area contributed by atoms with Gasteiger partial charge in [0.15, 0.2) is 0 Å². The lowest BCUT2D eigenvalue weighted by Crippen LogP contribution is -2.09. The van der Waals surface area contributed by atoms with Gasteiger partial charge < -0.3 is 19.6 Å². The summed E-state index contributed by atoms with van der Waals surface area (Å²) in [6.45, 7) is 10.4. The number of fused-ring (bicyclic) bond motifs is 2. The summed E-state index contributed by atoms with van der Waals surface area (Å²) in [4.78, 5) is 15.3. The first kappa shape index (κ1) is 25.3.